The number of fused-ring (bicyclic) bond motifs is 1. The first kappa shape index (κ1) is 14.9. The van der Waals surface area contributed by atoms with Gasteiger partial charge >= 0.3 is 0 Å². The molecule has 1 aliphatic heterocycles. The summed E-state index contributed by atoms with van der Waals surface area (Å²) in [6.45, 7) is 2.38. The largest absolute Gasteiger partial charge is 0.338 e. The molecule has 7 nitrogen and oxygen atoms in total. The molecule has 2 aromatic heterocycles. The Bertz CT molecular complexity index is 853. The lowest BCUT2D eigenvalue weighted by Crippen LogP contribution is -2.41. The zero-order valence-corrected chi connectivity index (χ0v) is 13.7. The maximum absolute atomic E-state index is 12.9. The van der Waals surface area contributed by atoms with E-state index in [1.807, 2.05) is 45.6 Å². The molecule has 1 atom stereocenters. The molecule has 0 radical (unpaired) electrons. The number of nitrogens with zero attached hydrogens (tertiary/aromatic N) is 6. The van der Waals surface area contributed by atoms with Crippen molar-refractivity contribution in [3.05, 3.63) is 42.5 Å². The first-order chi connectivity index (χ1) is 11.7. The van der Waals surface area contributed by atoms with E-state index in [0.717, 1.165) is 43.5 Å². The van der Waals surface area contributed by atoms with Gasteiger partial charge in [-0.3, -0.25) is 9.48 Å². The number of rotatable bonds is 3. The molecule has 4 rings (SSSR count). The summed E-state index contributed by atoms with van der Waals surface area (Å²) in [5.74, 6) is 0.508. The summed E-state index contributed by atoms with van der Waals surface area (Å²) >= 11 is 0. The van der Waals surface area contributed by atoms with E-state index in [2.05, 4.69) is 15.3 Å². The molecule has 0 aliphatic carbocycles. The lowest BCUT2D eigenvalue weighted by molar-refractivity contribution is 0.0659. The van der Waals surface area contributed by atoms with Crippen LogP contribution >= 0.6 is 0 Å². The van der Waals surface area contributed by atoms with E-state index in [1.54, 1.807) is 12.5 Å². The quantitative estimate of drug-likeness (QED) is 0.735. The van der Waals surface area contributed by atoms with Gasteiger partial charge < -0.3 is 9.47 Å². The molecular formula is C17H20N6O. The average molecular weight is 324 g/mol. The minimum Gasteiger partial charge on any atom is -0.338 e. The van der Waals surface area contributed by atoms with Gasteiger partial charge in [0.05, 0.1) is 23.6 Å². The van der Waals surface area contributed by atoms with Gasteiger partial charge in [-0.1, -0.05) is 5.21 Å². The SMILES string of the molecule is Cn1cnc2cc(C(=O)N3CCCC(Cn4ccnn4)C3)ccc21. The topological polar surface area (TPSA) is 68.8 Å². The number of carbonyl (C=O) groups excluding carboxylic acids is 1. The number of amides is 1. The van der Waals surface area contributed by atoms with Crippen molar-refractivity contribution in [2.75, 3.05) is 13.1 Å². The highest BCUT2D eigenvalue weighted by Gasteiger charge is 2.25. The van der Waals surface area contributed by atoms with Gasteiger partial charge in [0.25, 0.3) is 5.91 Å². The van der Waals surface area contributed by atoms with Crippen molar-refractivity contribution >= 4 is 16.9 Å². The molecular weight excluding hydrogens is 304 g/mol. The average Bonchev–Trinajstić information content (AvgIpc) is 3.24. The van der Waals surface area contributed by atoms with E-state index in [9.17, 15) is 4.79 Å². The second kappa shape index (κ2) is 6.07. The summed E-state index contributed by atoms with van der Waals surface area (Å²) in [7, 11) is 1.95. The lowest BCUT2D eigenvalue weighted by Gasteiger charge is -2.32. The van der Waals surface area contributed by atoms with Crippen LogP contribution in [0.4, 0.5) is 0 Å². The van der Waals surface area contributed by atoms with Crippen LogP contribution in [-0.4, -0.2) is 48.4 Å². The fourth-order valence-corrected chi connectivity index (χ4v) is 3.44. The van der Waals surface area contributed by atoms with Gasteiger partial charge in [-0.25, -0.2) is 4.98 Å². The molecule has 1 unspecified atom stereocenters. The van der Waals surface area contributed by atoms with E-state index >= 15 is 0 Å². The summed E-state index contributed by atoms with van der Waals surface area (Å²) in [4.78, 5) is 19.2. The second-order valence-electron chi connectivity index (χ2n) is 6.44. The summed E-state index contributed by atoms with van der Waals surface area (Å²) in [6.07, 6.45) is 7.47. The minimum atomic E-state index is 0.0887. The Hall–Kier alpha value is -2.70. The third-order valence-corrected chi connectivity index (χ3v) is 4.70. The van der Waals surface area contributed by atoms with E-state index in [-0.39, 0.29) is 5.91 Å². The summed E-state index contributed by atoms with van der Waals surface area (Å²) in [5.41, 5.74) is 2.61. The molecule has 0 N–H and O–H groups in total. The lowest BCUT2D eigenvalue weighted by atomic mass is 9.97. The molecule has 1 saturated heterocycles. The third kappa shape index (κ3) is 2.77. The van der Waals surface area contributed by atoms with Crippen LogP contribution in [0.1, 0.15) is 23.2 Å². The maximum atomic E-state index is 12.9. The second-order valence-corrected chi connectivity index (χ2v) is 6.44. The Morgan fingerprint density at radius 1 is 1.38 bits per heavy atom. The number of aryl methyl sites for hydroxylation is 1. The monoisotopic (exact) mass is 324 g/mol. The molecule has 0 spiro atoms. The predicted octanol–water partition coefficient (Wildman–Crippen LogP) is 1.72. The number of likely N-dealkylation sites (tertiary alicyclic amines) is 1. The highest BCUT2D eigenvalue weighted by Crippen LogP contribution is 2.21. The van der Waals surface area contributed by atoms with E-state index in [4.69, 9.17) is 0 Å². The standard InChI is InChI=1S/C17H20N6O/c1-21-12-18-15-9-14(4-5-16(15)21)17(24)22-7-2-3-13(10-22)11-23-8-6-19-20-23/h4-6,8-9,12-13H,2-3,7,10-11H2,1H3. The van der Waals surface area contributed by atoms with Gasteiger partial charge in [-0.2, -0.15) is 0 Å². The van der Waals surface area contributed by atoms with Gasteiger partial charge in [0.2, 0.25) is 0 Å². The first-order valence-electron chi connectivity index (χ1n) is 8.25. The van der Waals surface area contributed by atoms with Crippen molar-refractivity contribution in [1.82, 2.24) is 29.4 Å². The molecule has 1 fully saturated rings. The number of benzene rings is 1. The van der Waals surface area contributed by atoms with Crippen molar-refractivity contribution in [3.8, 4) is 0 Å². The fraction of sp³-hybridized carbons (Fsp3) is 0.412. The van der Waals surface area contributed by atoms with Crippen molar-refractivity contribution in [3.63, 3.8) is 0 Å². The highest BCUT2D eigenvalue weighted by atomic mass is 16.2. The van der Waals surface area contributed by atoms with Crippen molar-refractivity contribution in [1.29, 1.82) is 0 Å². The van der Waals surface area contributed by atoms with Crippen molar-refractivity contribution in [2.45, 2.75) is 19.4 Å². The van der Waals surface area contributed by atoms with E-state index in [1.165, 1.54) is 0 Å². The molecule has 0 bridgehead atoms. The molecule has 124 valence electrons. The van der Waals surface area contributed by atoms with E-state index < -0.39 is 0 Å². The van der Waals surface area contributed by atoms with Crippen molar-refractivity contribution < 1.29 is 4.79 Å². The molecule has 0 saturated carbocycles. The van der Waals surface area contributed by atoms with Crippen LogP contribution in [0, 0.1) is 5.92 Å². The number of carbonyl (C=O) groups is 1. The predicted molar refractivity (Wildman–Crippen MR) is 89.4 cm³/mol. The number of piperidine rings is 1. The molecule has 7 heteroatoms. The molecule has 1 aromatic carbocycles. The van der Waals surface area contributed by atoms with Crippen LogP contribution in [0.15, 0.2) is 36.9 Å². The number of hydrogen-bond donors (Lipinski definition) is 0. The molecule has 1 amide bonds. The Labute approximate surface area is 139 Å². The van der Waals surface area contributed by atoms with Crippen LogP contribution in [0.5, 0.6) is 0 Å². The van der Waals surface area contributed by atoms with Gasteiger partial charge in [-0.15, -0.1) is 5.10 Å². The zero-order chi connectivity index (χ0) is 16.5. The number of imidazole rings is 1. The summed E-state index contributed by atoms with van der Waals surface area (Å²) < 4.78 is 3.80. The van der Waals surface area contributed by atoms with Gasteiger partial charge in [-0.05, 0) is 37.0 Å². The van der Waals surface area contributed by atoms with Crippen LogP contribution in [0.2, 0.25) is 0 Å². The maximum Gasteiger partial charge on any atom is 0.253 e. The van der Waals surface area contributed by atoms with Crippen LogP contribution in [0.25, 0.3) is 11.0 Å². The molecule has 24 heavy (non-hydrogen) atoms. The minimum absolute atomic E-state index is 0.0887. The molecule has 3 heterocycles. The van der Waals surface area contributed by atoms with Crippen molar-refractivity contribution in [2.24, 2.45) is 13.0 Å². The Morgan fingerprint density at radius 2 is 2.29 bits per heavy atom. The fourth-order valence-electron chi connectivity index (χ4n) is 3.44. The molecule has 3 aromatic rings. The van der Waals surface area contributed by atoms with Gasteiger partial charge in [0.15, 0.2) is 0 Å². The summed E-state index contributed by atoms with van der Waals surface area (Å²) in [6, 6.07) is 5.75. The van der Waals surface area contributed by atoms with Crippen LogP contribution in [-0.2, 0) is 13.6 Å². The normalized spacial score (nSPS) is 18.2. The smallest absolute Gasteiger partial charge is 0.253 e. The van der Waals surface area contributed by atoms with Crippen LogP contribution in [0.3, 0.4) is 0 Å². The van der Waals surface area contributed by atoms with Crippen LogP contribution < -0.4 is 0 Å². The van der Waals surface area contributed by atoms with E-state index in [0.29, 0.717) is 11.5 Å². The zero-order valence-electron chi connectivity index (χ0n) is 13.7. The summed E-state index contributed by atoms with van der Waals surface area (Å²) in [5, 5.41) is 7.87. The van der Waals surface area contributed by atoms with Gasteiger partial charge in [0.1, 0.15) is 0 Å². The Kier molecular flexibility index (Phi) is 3.76. The molecule has 1 aliphatic rings. The Morgan fingerprint density at radius 3 is 3.12 bits per heavy atom. The highest BCUT2D eigenvalue weighted by molar-refractivity contribution is 5.97. The number of hydrogen-bond acceptors (Lipinski definition) is 4. The first-order valence-corrected chi connectivity index (χ1v) is 8.25. The number of aromatic nitrogens is 5. The third-order valence-electron chi connectivity index (χ3n) is 4.70. The Balaban J connectivity index is 1.49. The van der Waals surface area contributed by atoms with Gasteiger partial charge in [0, 0.05) is 38.4 Å².